The Balaban J connectivity index is 2.17. The Morgan fingerprint density at radius 1 is 1.39 bits per heavy atom. The largest absolute Gasteiger partial charge is 0.492 e. The van der Waals surface area contributed by atoms with Gasteiger partial charge < -0.3 is 19.3 Å². The van der Waals surface area contributed by atoms with E-state index in [1.165, 1.54) is 0 Å². The molecule has 0 atom stereocenters. The van der Waals surface area contributed by atoms with Crippen LogP contribution in [0.15, 0.2) is 12.1 Å². The molecule has 1 aromatic rings. The van der Waals surface area contributed by atoms with Crippen molar-refractivity contribution in [3.05, 3.63) is 17.7 Å². The summed E-state index contributed by atoms with van der Waals surface area (Å²) in [6, 6.07) is 3.74. The fourth-order valence-corrected chi connectivity index (χ4v) is 1.98. The summed E-state index contributed by atoms with van der Waals surface area (Å²) in [5.41, 5.74) is 0.947. The molecular formula is C13H16O5. The number of hydrogen-bond acceptors (Lipinski definition) is 4. The summed E-state index contributed by atoms with van der Waals surface area (Å²) >= 11 is 0. The number of carbonyl (C=O) groups is 1. The molecule has 5 heteroatoms. The van der Waals surface area contributed by atoms with E-state index >= 15 is 0 Å². The first-order valence-electron chi connectivity index (χ1n) is 5.89. The predicted molar refractivity (Wildman–Crippen MR) is 64.6 cm³/mol. The summed E-state index contributed by atoms with van der Waals surface area (Å²) in [7, 11) is 1.58. The monoisotopic (exact) mass is 252 g/mol. The quantitative estimate of drug-likeness (QED) is 0.866. The van der Waals surface area contributed by atoms with Crippen LogP contribution < -0.4 is 14.2 Å². The van der Waals surface area contributed by atoms with Crippen LogP contribution in [0.3, 0.4) is 0 Å². The topological polar surface area (TPSA) is 65.0 Å². The molecule has 0 unspecified atom stereocenters. The van der Waals surface area contributed by atoms with E-state index in [0.29, 0.717) is 43.3 Å². The van der Waals surface area contributed by atoms with Crippen molar-refractivity contribution in [2.24, 2.45) is 0 Å². The molecule has 0 aliphatic carbocycles. The molecule has 98 valence electrons. The van der Waals surface area contributed by atoms with Crippen LogP contribution in [-0.4, -0.2) is 31.4 Å². The highest BCUT2D eigenvalue weighted by molar-refractivity contribution is 5.66. The molecule has 0 fully saturated rings. The molecule has 18 heavy (non-hydrogen) atoms. The van der Waals surface area contributed by atoms with E-state index in [1.54, 1.807) is 7.11 Å². The Morgan fingerprint density at radius 3 is 2.89 bits per heavy atom. The van der Waals surface area contributed by atoms with Gasteiger partial charge in [0.15, 0.2) is 11.5 Å². The lowest BCUT2D eigenvalue weighted by Gasteiger charge is -2.22. The van der Waals surface area contributed by atoms with E-state index in [-0.39, 0.29) is 6.42 Å². The average Bonchev–Trinajstić information content (AvgIpc) is 2.38. The highest BCUT2D eigenvalue weighted by atomic mass is 16.6. The molecule has 0 saturated carbocycles. The smallest absolute Gasteiger partial charge is 0.303 e. The van der Waals surface area contributed by atoms with Crippen LogP contribution in [0.5, 0.6) is 17.2 Å². The molecule has 0 saturated heterocycles. The van der Waals surface area contributed by atoms with Crippen LogP contribution >= 0.6 is 0 Å². The van der Waals surface area contributed by atoms with Gasteiger partial charge in [0.25, 0.3) is 0 Å². The van der Waals surface area contributed by atoms with Crippen molar-refractivity contribution in [1.82, 2.24) is 0 Å². The lowest BCUT2D eigenvalue weighted by molar-refractivity contribution is -0.137. The molecule has 1 aliphatic rings. The van der Waals surface area contributed by atoms with Crippen LogP contribution in [0, 0.1) is 0 Å². The van der Waals surface area contributed by atoms with Gasteiger partial charge >= 0.3 is 5.97 Å². The molecule has 2 rings (SSSR count). The van der Waals surface area contributed by atoms with Crippen molar-refractivity contribution in [2.75, 3.05) is 20.3 Å². The normalized spacial score (nSPS) is 13.2. The molecule has 1 N–H and O–H groups in total. The summed E-state index contributed by atoms with van der Waals surface area (Å²) < 4.78 is 16.4. The van der Waals surface area contributed by atoms with Gasteiger partial charge in [0.1, 0.15) is 13.2 Å². The maximum Gasteiger partial charge on any atom is 0.303 e. The third-order valence-electron chi connectivity index (χ3n) is 2.79. The van der Waals surface area contributed by atoms with Crippen molar-refractivity contribution in [3.8, 4) is 17.2 Å². The van der Waals surface area contributed by atoms with Gasteiger partial charge in [-0.1, -0.05) is 6.07 Å². The second-order valence-electron chi connectivity index (χ2n) is 4.03. The van der Waals surface area contributed by atoms with Crippen LogP contribution in [0.4, 0.5) is 0 Å². The Kier molecular flexibility index (Phi) is 3.92. The van der Waals surface area contributed by atoms with E-state index in [4.69, 9.17) is 19.3 Å². The zero-order valence-electron chi connectivity index (χ0n) is 10.3. The Morgan fingerprint density at radius 2 is 2.17 bits per heavy atom. The minimum Gasteiger partial charge on any atom is -0.492 e. The first-order chi connectivity index (χ1) is 8.72. The van der Waals surface area contributed by atoms with Crippen molar-refractivity contribution >= 4 is 5.97 Å². The second kappa shape index (κ2) is 5.62. The lowest BCUT2D eigenvalue weighted by atomic mass is 10.1. The van der Waals surface area contributed by atoms with Crippen LogP contribution in [-0.2, 0) is 11.2 Å². The minimum absolute atomic E-state index is 0.150. The number of ether oxygens (including phenoxy) is 3. The van der Waals surface area contributed by atoms with Gasteiger partial charge in [-0.3, -0.25) is 4.79 Å². The molecule has 1 heterocycles. The van der Waals surface area contributed by atoms with E-state index < -0.39 is 5.97 Å². The average molecular weight is 252 g/mol. The standard InChI is InChI=1S/C13H16O5/c1-16-12-9(3-2-4-11(14)15)5-6-10-13(12)18-8-7-17-10/h5-6H,2-4,7-8H2,1H3,(H,14,15). The first kappa shape index (κ1) is 12.5. The van der Waals surface area contributed by atoms with E-state index in [0.717, 1.165) is 5.56 Å². The molecular weight excluding hydrogens is 236 g/mol. The summed E-state index contributed by atoms with van der Waals surface area (Å²) in [5.74, 6) is 1.17. The van der Waals surface area contributed by atoms with Crippen LogP contribution in [0.25, 0.3) is 0 Å². The summed E-state index contributed by atoms with van der Waals surface area (Å²) in [6.45, 7) is 1.04. The number of fused-ring (bicyclic) bond motifs is 1. The second-order valence-corrected chi connectivity index (χ2v) is 4.03. The summed E-state index contributed by atoms with van der Waals surface area (Å²) in [5, 5.41) is 8.63. The Bertz CT molecular complexity index is 441. The lowest BCUT2D eigenvalue weighted by Crippen LogP contribution is -2.16. The Hall–Kier alpha value is -1.91. The number of hydrogen-bond donors (Lipinski definition) is 1. The van der Waals surface area contributed by atoms with Gasteiger partial charge in [-0.15, -0.1) is 0 Å². The molecule has 1 aliphatic heterocycles. The third-order valence-corrected chi connectivity index (χ3v) is 2.79. The highest BCUT2D eigenvalue weighted by Gasteiger charge is 2.19. The van der Waals surface area contributed by atoms with Gasteiger partial charge in [0, 0.05) is 6.42 Å². The number of aryl methyl sites for hydroxylation is 1. The fraction of sp³-hybridized carbons (Fsp3) is 0.462. The number of rotatable bonds is 5. The summed E-state index contributed by atoms with van der Waals surface area (Å²) in [6.07, 6.45) is 1.37. The molecule has 0 amide bonds. The van der Waals surface area contributed by atoms with Gasteiger partial charge in [-0.25, -0.2) is 0 Å². The van der Waals surface area contributed by atoms with Crippen LogP contribution in [0.1, 0.15) is 18.4 Å². The molecule has 0 radical (unpaired) electrons. The van der Waals surface area contributed by atoms with Crippen molar-refractivity contribution in [3.63, 3.8) is 0 Å². The SMILES string of the molecule is COc1c(CCCC(=O)O)ccc2c1OCCO2. The molecule has 0 aromatic heterocycles. The molecule has 0 bridgehead atoms. The number of methoxy groups -OCH3 is 1. The zero-order chi connectivity index (χ0) is 13.0. The third kappa shape index (κ3) is 2.67. The minimum atomic E-state index is -0.786. The number of carboxylic acids is 1. The van der Waals surface area contributed by atoms with Crippen molar-refractivity contribution in [2.45, 2.75) is 19.3 Å². The number of benzene rings is 1. The number of aliphatic carboxylic acids is 1. The zero-order valence-corrected chi connectivity index (χ0v) is 10.3. The predicted octanol–water partition coefficient (Wildman–Crippen LogP) is 1.87. The van der Waals surface area contributed by atoms with E-state index in [2.05, 4.69) is 0 Å². The first-order valence-corrected chi connectivity index (χ1v) is 5.89. The Labute approximate surface area is 105 Å². The van der Waals surface area contributed by atoms with Crippen LogP contribution in [0.2, 0.25) is 0 Å². The van der Waals surface area contributed by atoms with Gasteiger partial charge in [0.2, 0.25) is 5.75 Å². The van der Waals surface area contributed by atoms with Gasteiger partial charge in [-0.05, 0) is 24.5 Å². The molecule has 0 spiro atoms. The highest BCUT2D eigenvalue weighted by Crippen LogP contribution is 2.42. The van der Waals surface area contributed by atoms with Crippen molar-refractivity contribution < 1.29 is 24.1 Å². The van der Waals surface area contributed by atoms with E-state index in [9.17, 15) is 4.79 Å². The summed E-state index contributed by atoms with van der Waals surface area (Å²) in [4.78, 5) is 10.5. The van der Waals surface area contributed by atoms with Gasteiger partial charge in [0.05, 0.1) is 7.11 Å². The maximum absolute atomic E-state index is 10.5. The fourth-order valence-electron chi connectivity index (χ4n) is 1.98. The van der Waals surface area contributed by atoms with Gasteiger partial charge in [-0.2, -0.15) is 0 Å². The molecule has 1 aromatic carbocycles. The number of carboxylic acid groups (broad SMARTS) is 1. The maximum atomic E-state index is 10.5. The van der Waals surface area contributed by atoms with Crippen molar-refractivity contribution in [1.29, 1.82) is 0 Å². The molecule has 5 nitrogen and oxygen atoms in total. The van der Waals surface area contributed by atoms with E-state index in [1.807, 2.05) is 12.1 Å².